The summed E-state index contributed by atoms with van der Waals surface area (Å²) in [5.74, 6) is -0.698. The fourth-order valence-electron chi connectivity index (χ4n) is 8.15. The van der Waals surface area contributed by atoms with Gasteiger partial charge in [-0.05, 0) is 68.4 Å². The van der Waals surface area contributed by atoms with Crippen LogP contribution in [0.1, 0.15) is 50.2 Å². The minimum atomic E-state index is -1.00. The highest BCUT2D eigenvalue weighted by atomic mass is 16.5. The molecule has 16 nitrogen and oxygen atoms in total. The molecule has 2 saturated heterocycles. The number of aryl methyl sites for hydroxylation is 1. The van der Waals surface area contributed by atoms with Crippen molar-refractivity contribution in [3.8, 4) is 22.6 Å². The zero-order valence-corrected chi connectivity index (χ0v) is 32.5. The highest BCUT2D eigenvalue weighted by Gasteiger charge is 2.45. The number of aromatic nitrogens is 1. The number of ether oxygens (including phenoxy) is 2. The van der Waals surface area contributed by atoms with Crippen molar-refractivity contribution < 1.29 is 33.4 Å². The molecule has 2 N–H and O–H groups in total. The zero-order chi connectivity index (χ0) is 39.8. The van der Waals surface area contributed by atoms with E-state index in [1.165, 1.54) is 0 Å². The number of hydrogen-bond donors (Lipinski definition) is 2. The molecule has 0 spiro atoms. The largest absolute Gasteiger partial charge is 0.496 e. The lowest BCUT2D eigenvalue weighted by molar-refractivity contribution is -0.136. The van der Waals surface area contributed by atoms with Crippen LogP contribution < -0.4 is 30.6 Å². The second-order valence-corrected chi connectivity index (χ2v) is 14.9. The van der Waals surface area contributed by atoms with Crippen LogP contribution in [0.5, 0.6) is 11.5 Å². The number of anilines is 1. The second-order valence-electron chi connectivity index (χ2n) is 14.9. The van der Waals surface area contributed by atoms with Crippen LogP contribution in [0.3, 0.4) is 0 Å². The van der Waals surface area contributed by atoms with E-state index >= 15 is 0 Å². The number of carbonyl (C=O) groups excluding carboxylic acids is 5. The molecule has 4 aliphatic heterocycles. The van der Waals surface area contributed by atoms with E-state index in [2.05, 4.69) is 20.4 Å². The molecule has 296 valence electrons. The molecule has 0 bridgehead atoms. The normalized spacial score (nSPS) is 18.6. The highest BCUT2D eigenvalue weighted by molar-refractivity contribution is 6.23. The van der Waals surface area contributed by atoms with Crippen LogP contribution in [-0.2, 0) is 36.1 Å². The number of piperidine rings is 1. The van der Waals surface area contributed by atoms with E-state index in [0.717, 1.165) is 45.9 Å². The lowest BCUT2D eigenvalue weighted by Gasteiger charge is -2.36. The molecule has 1 aromatic heterocycles. The standard InChI is InChI=1S/C40H48N8O8/c1-43(2)21-31-33(55-4)18-24(19-34(31)56-5)29-22-44(3)37(51)30-23-47(12-10-26(29)30)40(54)41-11-13-45-14-16-46(17-15-45)25-6-7-27-28(20-25)39(53)48(38(27)52)32-8-9-35(49)42-36(32)50/h6-7,18-20,22,32H,8-17,21,23H2,1-5H3,(H,41,54)(H,42,49,50). The number of rotatable bonds is 10. The Morgan fingerprint density at radius 3 is 2.23 bits per heavy atom. The van der Waals surface area contributed by atoms with Gasteiger partial charge in [-0.3, -0.25) is 39.1 Å². The number of imide groups is 2. The number of nitrogens with one attached hydrogen (secondary N) is 2. The Kier molecular flexibility index (Phi) is 10.9. The monoisotopic (exact) mass is 768 g/mol. The van der Waals surface area contributed by atoms with E-state index in [4.69, 9.17) is 9.47 Å². The number of piperazine rings is 1. The molecule has 6 amide bonds. The van der Waals surface area contributed by atoms with Gasteiger partial charge in [0.05, 0.1) is 37.5 Å². The Bertz CT molecular complexity index is 2130. The van der Waals surface area contributed by atoms with E-state index in [0.29, 0.717) is 62.8 Å². The van der Waals surface area contributed by atoms with Crippen molar-refractivity contribution in [3.63, 3.8) is 0 Å². The van der Waals surface area contributed by atoms with Crippen LogP contribution in [-0.4, -0.2) is 134 Å². The smallest absolute Gasteiger partial charge is 0.317 e. The molecule has 5 heterocycles. The molecule has 0 radical (unpaired) electrons. The first kappa shape index (κ1) is 38.5. The first-order valence-electron chi connectivity index (χ1n) is 18.9. The summed E-state index contributed by atoms with van der Waals surface area (Å²) in [7, 11) is 8.96. The lowest BCUT2D eigenvalue weighted by Crippen LogP contribution is -2.54. The molecule has 4 aliphatic rings. The minimum absolute atomic E-state index is 0.0682. The van der Waals surface area contributed by atoms with Crippen molar-refractivity contribution in [3.05, 3.63) is 74.7 Å². The van der Waals surface area contributed by atoms with Gasteiger partial charge < -0.3 is 34.1 Å². The third-order valence-electron chi connectivity index (χ3n) is 11.1. The molecule has 2 fully saturated rings. The van der Waals surface area contributed by atoms with Gasteiger partial charge in [0.25, 0.3) is 17.4 Å². The van der Waals surface area contributed by atoms with Gasteiger partial charge >= 0.3 is 6.03 Å². The minimum Gasteiger partial charge on any atom is -0.496 e. The van der Waals surface area contributed by atoms with Crippen molar-refractivity contribution in [2.75, 3.05) is 79.0 Å². The predicted molar refractivity (Wildman–Crippen MR) is 207 cm³/mol. The van der Waals surface area contributed by atoms with Gasteiger partial charge in [-0.15, -0.1) is 0 Å². The molecule has 2 aromatic carbocycles. The summed E-state index contributed by atoms with van der Waals surface area (Å²) in [5, 5.41) is 5.27. The summed E-state index contributed by atoms with van der Waals surface area (Å²) >= 11 is 0. The topological polar surface area (TPSA) is 166 Å². The number of fused-ring (bicyclic) bond motifs is 2. The van der Waals surface area contributed by atoms with Crippen LogP contribution in [0.15, 0.2) is 41.3 Å². The van der Waals surface area contributed by atoms with E-state index < -0.39 is 29.7 Å². The molecule has 7 rings (SSSR count). The van der Waals surface area contributed by atoms with E-state index in [9.17, 15) is 28.8 Å². The molecule has 1 atom stereocenters. The van der Waals surface area contributed by atoms with Crippen LogP contribution >= 0.6 is 0 Å². The SMILES string of the molecule is COc1cc(-c2cn(C)c(=O)c3c2CCN(C(=O)NCCN2CCN(c4ccc5c(c4)C(=O)N(C4CCC(=O)NC4=O)C5=O)CC2)C3)cc(OC)c1CN(C)C. The summed E-state index contributed by atoms with van der Waals surface area (Å²) in [4.78, 5) is 86.3. The van der Waals surface area contributed by atoms with Crippen molar-refractivity contribution in [2.45, 2.75) is 38.4 Å². The average Bonchev–Trinajstić information content (AvgIpc) is 3.43. The lowest BCUT2D eigenvalue weighted by atomic mass is 9.91. The maximum atomic E-state index is 13.4. The number of benzene rings is 2. The molecule has 1 unspecified atom stereocenters. The van der Waals surface area contributed by atoms with Gasteiger partial charge in [-0.1, -0.05) is 0 Å². The van der Waals surface area contributed by atoms with E-state index in [1.54, 1.807) is 42.9 Å². The summed E-state index contributed by atoms with van der Waals surface area (Å²) in [6.07, 6.45) is 2.55. The van der Waals surface area contributed by atoms with Crippen LogP contribution in [0, 0.1) is 0 Å². The summed E-state index contributed by atoms with van der Waals surface area (Å²) < 4.78 is 13.1. The van der Waals surface area contributed by atoms with Crippen LogP contribution in [0.2, 0.25) is 0 Å². The number of nitrogens with zero attached hydrogens (tertiary/aromatic N) is 6. The maximum absolute atomic E-state index is 13.4. The van der Waals surface area contributed by atoms with Gasteiger partial charge in [0.15, 0.2) is 0 Å². The maximum Gasteiger partial charge on any atom is 0.317 e. The molecule has 16 heteroatoms. The Labute approximate surface area is 324 Å². The third kappa shape index (κ3) is 7.33. The summed E-state index contributed by atoms with van der Waals surface area (Å²) in [6.45, 7) is 5.18. The molecule has 3 aromatic rings. The fraction of sp³-hybridized carbons (Fsp3) is 0.450. The van der Waals surface area contributed by atoms with Gasteiger partial charge in [-0.25, -0.2) is 4.79 Å². The van der Waals surface area contributed by atoms with Crippen molar-refractivity contribution in [2.24, 2.45) is 7.05 Å². The predicted octanol–water partition coefficient (Wildman–Crippen LogP) is 1.42. The molecular formula is C40H48N8O8. The number of urea groups is 1. The molecular weight excluding hydrogens is 720 g/mol. The first-order valence-corrected chi connectivity index (χ1v) is 18.9. The molecule has 56 heavy (non-hydrogen) atoms. The van der Waals surface area contributed by atoms with Crippen LogP contribution in [0.4, 0.5) is 10.5 Å². The van der Waals surface area contributed by atoms with Gasteiger partial charge in [0.2, 0.25) is 11.8 Å². The van der Waals surface area contributed by atoms with Gasteiger partial charge in [0, 0.05) is 88.8 Å². The van der Waals surface area contributed by atoms with Gasteiger partial charge in [-0.2, -0.15) is 0 Å². The van der Waals surface area contributed by atoms with Crippen LogP contribution in [0.25, 0.3) is 11.1 Å². The number of hydrogen-bond acceptors (Lipinski definition) is 11. The highest BCUT2D eigenvalue weighted by Crippen LogP contribution is 2.38. The Hall–Kier alpha value is -5.74. The Balaban J connectivity index is 0.939. The number of amides is 6. The first-order chi connectivity index (χ1) is 26.9. The zero-order valence-electron chi connectivity index (χ0n) is 32.5. The quantitative estimate of drug-likeness (QED) is 0.287. The number of carbonyl (C=O) groups is 5. The Morgan fingerprint density at radius 1 is 0.875 bits per heavy atom. The molecule has 0 saturated carbocycles. The summed E-state index contributed by atoms with van der Waals surface area (Å²) in [6, 6.07) is 7.89. The van der Waals surface area contributed by atoms with Crippen molar-refractivity contribution in [1.82, 2.24) is 34.8 Å². The average molecular weight is 769 g/mol. The van der Waals surface area contributed by atoms with Gasteiger partial charge in [0.1, 0.15) is 17.5 Å². The second kappa shape index (κ2) is 15.8. The number of methoxy groups -OCH3 is 2. The van der Waals surface area contributed by atoms with E-state index in [1.807, 2.05) is 43.4 Å². The van der Waals surface area contributed by atoms with Crippen molar-refractivity contribution in [1.29, 1.82) is 0 Å². The molecule has 0 aliphatic carbocycles. The number of pyridine rings is 1. The van der Waals surface area contributed by atoms with Crippen molar-refractivity contribution >= 4 is 35.3 Å². The summed E-state index contributed by atoms with van der Waals surface area (Å²) in [5.41, 5.74) is 5.42. The third-order valence-corrected chi connectivity index (χ3v) is 11.1. The Morgan fingerprint density at radius 2 is 1.57 bits per heavy atom. The van der Waals surface area contributed by atoms with E-state index in [-0.39, 0.29) is 42.1 Å². The fourth-order valence-corrected chi connectivity index (χ4v) is 8.15.